The summed E-state index contributed by atoms with van der Waals surface area (Å²) >= 11 is 1.79. The molecule has 54 valence electrons. The van der Waals surface area contributed by atoms with Crippen LogP contribution in [0.4, 0.5) is 0 Å². The van der Waals surface area contributed by atoms with Gasteiger partial charge in [0.25, 0.3) is 0 Å². The molecule has 1 rings (SSSR count). The molecule has 0 fully saturated rings. The Kier molecular flexibility index (Phi) is 2.31. The second-order valence-electron chi connectivity index (χ2n) is 2.41. The van der Waals surface area contributed by atoms with Crippen molar-refractivity contribution in [2.75, 3.05) is 0 Å². The van der Waals surface area contributed by atoms with Crippen molar-refractivity contribution in [3.05, 3.63) is 30.3 Å². The Labute approximate surface area is 68.1 Å². The Morgan fingerprint density at radius 1 is 1.40 bits per heavy atom. The van der Waals surface area contributed by atoms with Gasteiger partial charge < -0.3 is 0 Å². The summed E-state index contributed by atoms with van der Waals surface area (Å²) in [5.41, 5.74) is 0. The summed E-state index contributed by atoms with van der Waals surface area (Å²) in [5, 5.41) is 0.594. The highest BCUT2D eigenvalue weighted by atomic mass is 32.2. The van der Waals surface area contributed by atoms with Gasteiger partial charge in [-0.05, 0) is 12.1 Å². The first-order chi connectivity index (χ1) is 5.18. The Balaban J connectivity index is 2.71. The Hall–Kier alpha value is -0.430. The van der Waals surface area contributed by atoms with E-state index in [0.29, 0.717) is 11.3 Å². The molecule has 10 heavy (non-hydrogen) atoms. The standard InChI is InChI=1S/C9H12S/c1-8(2)10-9-6-4-3-5-7-9/h3-8H,1-2H3/i4D. The monoisotopic (exact) mass is 153 g/mol. The van der Waals surface area contributed by atoms with Crippen molar-refractivity contribution in [3.63, 3.8) is 0 Å². The van der Waals surface area contributed by atoms with E-state index in [0.717, 1.165) is 0 Å². The first kappa shape index (κ1) is 6.29. The lowest BCUT2D eigenvalue weighted by Crippen LogP contribution is -1.84. The molecular formula is C9H12S. The van der Waals surface area contributed by atoms with Crippen molar-refractivity contribution in [3.8, 4) is 0 Å². The zero-order chi connectivity index (χ0) is 8.27. The molecule has 0 aromatic heterocycles. The zero-order valence-electron chi connectivity index (χ0n) is 7.29. The molecule has 0 amide bonds. The van der Waals surface area contributed by atoms with Crippen LogP contribution in [0.5, 0.6) is 0 Å². The van der Waals surface area contributed by atoms with E-state index in [-0.39, 0.29) is 0 Å². The number of hydrogen-bond donors (Lipinski definition) is 0. The minimum atomic E-state index is 0.593. The molecule has 0 heterocycles. The molecule has 0 saturated heterocycles. The van der Waals surface area contributed by atoms with Crippen LogP contribution in [-0.2, 0) is 0 Å². The SMILES string of the molecule is [2H]c1cccc(SC(C)C)c1. The highest BCUT2D eigenvalue weighted by Gasteiger charge is 1.94. The van der Waals surface area contributed by atoms with Gasteiger partial charge in [-0.3, -0.25) is 0 Å². The van der Waals surface area contributed by atoms with E-state index in [4.69, 9.17) is 1.37 Å². The third kappa shape index (κ3) is 2.44. The topological polar surface area (TPSA) is 0 Å². The molecule has 0 atom stereocenters. The molecular weight excluding hydrogens is 140 g/mol. The smallest absolute Gasteiger partial charge is 0.0623 e. The molecule has 0 bridgehead atoms. The Morgan fingerprint density at radius 3 is 2.80 bits per heavy atom. The average Bonchev–Trinajstić information content (AvgIpc) is 1.85. The van der Waals surface area contributed by atoms with Gasteiger partial charge in [-0.2, -0.15) is 0 Å². The van der Waals surface area contributed by atoms with Crippen molar-refractivity contribution < 1.29 is 1.37 Å². The van der Waals surface area contributed by atoms with Gasteiger partial charge in [0.2, 0.25) is 0 Å². The number of thioether (sulfide) groups is 1. The van der Waals surface area contributed by atoms with Crippen LogP contribution in [0.1, 0.15) is 15.2 Å². The number of hydrogen-bond acceptors (Lipinski definition) is 1. The maximum Gasteiger partial charge on any atom is 0.0623 e. The summed E-state index contributed by atoms with van der Waals surface area (Å²) in [6.07, 6.45) is 0. The van der Waals surface area contributed by atoms with Gasteiger partial charge in [0, 0.05) is 10.1 Å². The first-order valence-electron chi connectivity index (χ1n) is 3.92. The Morgan fingerprint density at radius 2 is 2.20 bits per heavy atom. The average molecular weight is 153 g/mol. The van der Waals surface area contributed by atoms with E-state index in [2.05, 4.69) is 13.8 Å². The van der Waals surface area contributed by atoms with Crippen LogP contribution >= 0.6 is 11.8 Å². The molecule has 0 spiro atoms. The van der Waals surface area contributed by atoms with Crippen LogP contribution < -0.4 is 0 Å². The predicted molar refractivity (Wildman–Crippen MR) is 47.4 cm³/mol. The molecule has 0 unspecified atom stereocenters. The first-order valence-corrected chi connectivity index (χ1v) is 4.30. The van der Waals surface area contributed by atoms with Crippen molar-refractivity contribution >= 4 is 11.8 Å². The van der Waals surface area contributed by atoms with Gasteiger partial charge in [-0.15, -0.1) is 11.8 Å². The van der Waals surface area contributed by atoms with Gasteiger partial charge in [-0.1, -0.05) is 32.0 Å². The van der Waals surface area contributed by atoms with Gasteiger partial charge in [0.15, 0.2) is 0 Å². The van der Waals surface area contributed by atoms with Crippen LogP contribution in [0.2, 0.25) is 0 Å². The summed E-state index contributed by atoms with van der Waals surface area (Å²) in [7, 11) is 0. The highest BCUT2D eigenvalue weighted by Crippen LogP contribution is 2.21. The molecule has 1 aromatic rings. The van der Waals surface area contributed by atoms with Crippen molar-refractivity contribution in [1.82, 2.24) is 0 Å². The Bertz CT molecular complexity index is 233. The molecule has 1 aromatic carbocycles. The summed E-state index contributed by atoms with van der Waals surface area (Å²) in [4.78, 5) is 1.19. The molecule has 0 nitrogen and oxygen atoms in total. The largest absolute Gasteiger partial charge is 0.123 e. The third-order valence-electron chi connectivity index (χ3n) is 1.05. The van der Waals surface area contributed by atoms with Crippen LogP contribution in [0, 0.1) is 0 Å². The lowest BCUT2D eigenvalue weighted by Gasteiger charge is -2.02. The third-order valence-corrected chi connectivity index (χ3v) is 2.05. The molecule has 0 N–H and O–H groups in total. The minimum absolute atomic E-state index is 0.593. The summed E-state index contributed by atoms with van der Waals surface area (Å²) < 4.78 is 7.37. The van der Waals surface area contributed by atoms with E-state index >= 15 is 0 Å². The summed E-state index contributed by atoms with van der Waals surface area (Å²) in [5.74, 6) is 0. The lowest BCUT2D eigenvalue weighted by atomic mass is 10.4. The summed E-state index contributed by atoms with van der Waals surface area (Å²) in [6, 6.07) is 8.25. The van der Waals surface area contributed by atoms with Gasteiger partial charge in [-0.25, -0.2) is 0 Å². The van der Waals surface area contributed by atoms with Crippen LogP contribution in [0.25, 0.3) is 0 Å². The van der Waals surface area contributed by atoms with E-state index in [1.165, 1.54) is 4.90 Å². The highest BCUT2D eigenvalue weighted by molar-refractivity contribution is 7.99. The van der Waals surface area contributed by atoms with Crippen molar-refractivity contribution in [2.45, 2.75) is 24.0 Å². The van der Waals surface area contributed by atoms with Crippen LogP contribution in [-0.4, -0.2) is 5.25 Å². The quantitative estimate of drug-likeness (QED) is 0.588. The summed E-state index contributed by atoms with van der Waals surface area (Å²) in [6.45, 7) is 4.31. The normalized spacial score (nSPS) is 11.7. The fraction of sp³-hybridized carbons (Fsp3) is 0.333. The van der Waals surface area contributed by atoms with Crippen LogP contribution in [0.3, 0.4) is 0 Å². The number of rotatable bonds is 2. The fourth-order valence-electron chi connectivity index (χ4n) is 0.722. The van der Waals surface area contributed by atoms with E-state index in [1.807, 2.05) is 18.2 Å². The lowest BCUT2D eigenvalue weighted by molar-refractivity contribution is 1.11. The van der Waals surface area contributed by atoms with E-state index < -0.39 is 0 Å². The zero-order valence-corrected chi connectivity index (χ0v) is 7.11. The van der Waals surface area contributed by atoms with E-state index in [9.17, 15) is 0 Å². The second kappa shape index (κ2) is 3.67. The van der Waals surface area contributed by atoms with Gasteiger partial charge in [0.1, 0.15) is 0 Å². The number of benzene rings is 1. The van der Waals surface area contributed by atoms with Gasteiger partial charge >= 0.3 is 0 Å². The van der Waals surface area contributed by atoms with E-state index in [1.54, 1.807) is 17.8 Å². The molecule has 0 aliphatic heterocycles. The fourth-order valence-corrected chi connectivity index (χ4v) is 1.56. The predicted octanol–water partition coefficient (Wildman–Crippen LogP) is 3.19. The van der Waals surface area contributed by atoms with Crippen molar-refractivity contribution in [2.24, 2.45) is 0 Å². The second-order valence-corrected chi connectivity index (χ2v) is 4.06. The molecule has 1 heteroatoms. The molecule has 0 aliphatic carbocycles. The minimum Gasteiger partial charge on any atom is -0.123 e. The molecule has 0 radical (unpaired) electrons. The van der Waals surface area contributed by atoms with Crippen molar-refractivity contribution in [1.29, 1.82) is 0 Å². The maximum atomic E-state index is 7.37. The molecule has 0 aliphatic rings. The maximum absolute atomic E-state index is 7.37. The van der Waals surface area contributed by atoms with Gasteiger partial charge in [0.05, 0.1) is 1.37 Å². The van der Waals surface area contributed by atoms with Crippen LogP contribution in [0.15, 0.2) is 35.2 Å². The molecule has 0 saturated carbocycles.